The van der Waals surface area contributed by atoms with E-state index in [1.54, 1.807) is 17.5 Å². The van der Waals surface area contributed by atoms with Gasteiger partial charge in [-0.2, -0.15) is 0 Å². The quantitative estimate of drug-likeness (QED) is 0.619. The van der Waals surface area contributed by atoms with Crippen LogP contribution in [-0.2, 0) is 11.2 Å². The van der Waals surface area contributed by atoms with E-state index in [1.165, 1.54) is 5.56 Å². The summed E-state index contributed by atoms with van der Waals surface area (Å²) in [6.07, 6.45) is 7.80. The van der Waals surface area contributed by atoms with Crippen molar-refractivity contribution in [3.05, 3.63) is 45.9 Å². The molecule has 2 saturated heterocycles. The molecule has 3 heterocycles. The van der Waals surface area contributed by atoms with Crippen LogP contribution in [0.5, 0.6) is 5.19 Å². The van der Waals surface area contributed by atoms with Crippen LogP contribution in [0.2, 0.25) is 0 Å². The predicted molar refractivity (Wildman–Crippen MR) is 119 cm³/mol. The summed E-state index contributed by atoms with van der Waals surface area (Å²) >= 11 is 5.02. The third-order valence-corrected chi connectivity index (χ3v) is 7.22. The predicted octanol–water partition coefficient (Wildman–Crippen LogP) is 4.37. The molecule has 29 heavy (non-hydrogen) atoms. The molecule has 4 rings (SSSR count). The molecule has 1 aromatic carbocycles. The van der Waals surface area contributed by atoms with Gasteiger partial charge in [-0.05, 0) is 49.8 Å². The van der Waals surface area contributed by atoms with Gasteiger partial charge < -0.3 is 9.64 Å². The Balaban J connectivity index is 1.16. The Kier molecular flexibility index (Phi) is 7.21. The topological polar surface area (TPSA) is 45.7 Å². The van der Waals surface area contributed by atoms with E-state index in [0.29, 0.717) is 18.4 Å². The van der Waals surface area contributed by atoms with Crippen molar-refractivity contribution in [2.24, 2.45) is 0 Å². The van der Waals surface area contributed by atoms with Crippen molar-refractivity contribution in [1.82, 2.24) is 14.8 Å². The van der Waals surface area contributed by atoms with E-state index < -0.39 is 0 Å². The summed E-state index contributed by atoms with van der Waals surface area (Å²) in [5.74, 6) is 0.293. The van der Waals surface area contributed by atoms with Crippen molar-refractivity contribution in [3.8, 4) is 5.19 Å². The van der Waals surface area contributed by atoms with E-state index in [4.69, 9.17) is 4.74 Å². The lowest BCUT2D eigenvalue weighted by molar-refractivity contribution is -0.132. The van der Waals surface area contributed by atoms with Gasteiger partial charge in [-0.15, -0.1) is 0 Å². The lowest BCUT2D eigenvalue weighted by Crippen LogP contribution is -2.50. The summed E-state index contributed by atoms with van der Waals surface area (Å²) in [5, 5.41) is 2.75. The largest absolute Gasteiger partial charge is 0.467 e. The van der Waals surface area contributed by atoms with Gasteiger partial charge in [0.05, 0.1) is 0 Å². The zero-order valence-corrected chi connectivity index (χ0v) is 19.0. The molecule has 2 aromatic rings. The zero-order chi connectivity index (χ0) is 20.1. The SMILES string of the molecule is O=C(CCc1ccc(Br)cc1)N1CCC(N2CCC(Oc3nccs3)CC2)CC1. The van der Waals surface area contributed by atoms with Crippen molar-refractivity contribution in [2.45, 2.75) is 50.7 Å². The minimum absolute atomic E-state index is 0.290. The maximum atomic E-state index is 12.6. The normalized spacial score (nSPS) is 19.4. The number of carbonyl (C=O) groups is 1. The second kappa shape index (κ2) is 10.0. The van der Waals surface area contributed by atoms with Crippen molar-refractivity contribution in [3.63, 3.8) is 0 Å². The number of ether oxygens (including phenoxy) is 1. The van der Waals surface area contributed by atoms with Gasteiger partial charge in [0.2, 0.25) is 5.91 Å². The van der Waals surface area contributed by atoms with Crippen LogP contribution in [0.1, 0.15) is 37.7 Å². The van der Waals surface area contributed by atoms with Gasteiger partial charge in [0, 0.05) is 54.7 Å². The highest BCUT2D eigenvalue weighted by Crippen LogP contribution is 2.25. The molecule has 1 amide bonds. The Morgan fingerprint density at radius 1 is 1.10 bits per heavy atom. The highest BCUT2D eigenvalue weighted by molar-refractivity contribution is 9.10. The van der Waals surface area contributed by atoms with E-state index in [9.17, 15) is 4.79 Å². The van der Waals surface area contributed by atoms with Gasteiger partial charge in [-0.25, -0.2) is 4.98 Å². The number of nitrogens with zero attached hydrogens (tertiary/aromatic N) is 3. The fourth-order valence-corrected chi connectivity index (χ4v) is 5.13. The van der Waals surface area contributed by atoms with E-state index in [1.807, 2.05) is 17.5 Å². The zero-order valence-electron chi connectivity index (χ0n) is 16.6. The van der Waals surface area contributed by atoms with Crippen LogP contribution < -0.4 is 4.74 Å². The molecular weight excluding hydrogens is 450 g/mol. The summed E-state index contributed by atoms with van der Waals surface area (Å²) in [7, 11) is 0. The Hall–Kier alpha value is -1.44. The van der Waals surface area contributed by atoms with Crippen LogP contribution in [0, 0.1) is 0 Å². The molecule has 0 N–H and O–H groups in total. The number of hydrogen-bond acceptors (Lipinski definition) is 5. The first-order chi connectivity index (χ1) is 14.2. The fourth-order valence-electron chi connectivity index (χ4n) is 4.31. The smallest absolute Gasteiger partial charge is 0.273 e. The van der Waals surface area contributed by atoms with Gasteiger partial charge in [0.1, 0.15) is 6.10 Å². The van der Waals surface area contributed by atoms with Crippen LogP contribution in [-0.4, -0.2) is 59.0 Å². The van der Waals surface area contributed by atoms with Crippen LogP contribution in [0.4, 0.5) is 0 Å². The number of aryl methyl sites for hydroxylation is 1. The molecule has 2 aliphatic heterocycles. The molecule has 0 radical (unpaired) electrons. The molecule has 0 saturated carbocycles. The fraction of sp³-hybridized carbons (Fsp3) is 0.545. The Labute approximate surface area is 185 Å². The third kappa shape index (κ3) is 5.80. The van der Waals surface area contributed by atoms with Crippen molar-refractivity contribution in [2.75, 3.05) is 26.2 Å². The summed E-state index contributed by atoms with van der Waals surface area (Å²) in [6, 6.07) is 8.86. The standard InChI is InChI=1S/C22H28BrN3O2S/c23-18-4-1-17(2-5-18)3-6-21(27)26-12-7-19(8-13-26)25-14-9-20(10-15-25)28-22-24-11-16-29-22/h1-2,4-5,11,16,19-20H,3,6-10,12-15H2. The van der Waals surface area contributed by atoms with Crippen LogP contribution in [0.25, 0.3) is 0 Å². The summed E-state index contributed by atoms with van der Waals surface area (Å²) in [5.41, 5.74) is 1.22. The molecule has 0 unspecified atom stereocenters. The van der Waals surface area contributed by atoms with Gasteiger partial charge in [-0.3, -0.25) is 9.69 Å². The number of piperidine rings is 2. The number of rotatable bonds is 6. The van der Waals surface area contributed by atoms with Gasteiger partial charge >= 0.3 is 0 Å². The van der Waals surface area contributed by atoms with Crippen LogP contribution in [0.3, 0.4) is 0 Å². The monoisotopic (exact) mass is 477 g/mol. The number of aromatic nitrogens is 1. The van der Waals surface area contributed by atoms with Crippen molar-refractivity contribution < 1.29 is 9.53 Å². The second-order valence-electron chi connectivity index (χ2n) is 7.89. The third-order valence-electron chi connectivity index (χ3n) is 6.03. The minimum atomic E-state index is 0.290. The van der Waals surface area contributed by atoms with Gasteiger partial charge in [-0.1, -0.05) is 39.4 Å². The number of hydrogen-bond donors (Lipinski definition) is 0. The molecule has 2 aliphatic rings. The van der Waals surface area contributed by atoms with Gasteiger partial charge in [0.15, 0.2) is 0 Å². The number of benzene rings is 1. The highest BCUT2D eigenvalue weighted by atomic mass is 79.9. The first kappa shape index (κ1) is 20.8. The molecule has 0 bridgehead atoms. The molecule has 7 heteroatoms. The number of likely N-dealkylation sites (tertiary alicyclic amines) is 2. The highest BCUT2D eigenvalue weighted by Gasteiger charge is 2.30. The lowest BCUT2D eigenvalue weighted by atomic mass is 9.98. The van der Waals surface area contributed by atoms with Crippen molar-refractivity contribution >= 4 is 33.2 Å². The Bertz CT molecular complexity index is 768. The minimum Gasteiger partial charge on any atom is -0.467 e. The first-order valence-corrected chi connectivity index (χ1v) is 12.2. The number of amides is 1. The molecule has 2 fully saturated rings. The summed E-state index contributed by atoms with van der Waals surface area (Å²) in [6.45, 7) is 3.94. The Morgan fingerprint density at radius 3 is 2.48 bits per heavy atom. The van der Waals surface area contributed by atoms with E-state index >= 15 is 0 Å². The molecule has 0 aliphatic carbocycles. The summed E-state index contributed by atoms with van der Waals surface area (Å²) in [4.78, 5) is 21.5. The maximum absolute atomic E-state index is 12.6. The van der Waals surface area contributed by atoms with E-state index in [2.05, 4.69) is 42.8 Å². The molecular formula is C22H28BrN3O2S. The van der Waals surface area contributed by atoms with E-state index in [0.717, 1.165) is 67.9 Å². The average Bonchev–Trinajstić information content (AvgIpc) is 3.27. The lowest BCUT2D eigenvalue weighted by Gasteiger charge is -2.41. The Morgan fingerprint density at radius 2 is 1.83 bits per heavy atom. The molecule has 156 valence electrons. The van der Waals surface area contributed by atoms with Crippen molar-refractivity contribution in [1.29, 1.82) is 0 Å². The molecule has 1 aromatic heterocycles. The van der Waals surface area contributed by atoms with Gasteiger partial charge in [0.25, 0.3) is 5.19 Å². The maximum Gasteiger partial charge on any atom is 0.273 e. The van der Waals surface area contributed by atoms with E-state index in [-0.39, 0.29) is 6.10 Å². The molecule has 5 nitrogen and oxygen atoms in total. The number of carbonyl (C=O) groups excluding carboxylic acids is 1. The molecule has 0 atom stereocenters. The average molecular weight is 478 g/mol. The summed E-state index contributed by atoms with van der Waals surface area (Å²) < 4.78 is 7.05. The molecule has 0 spiro atoms. The second-order valence-corrected chi connectivity index (χ2v) is 9.66. The van der Waals surface area contributed by atoms with Crippen LogP contribution >= 0.6 is 27.3 Å². The number of thiazole rings is 1. The first-order valence-electron chi connectivity index (χ1n) is 10.5. The van der Waals surface area contributed by atoms with Crippen LogP contribution in [0.15, 0.2) is 40.3 Å². The number of halogens is 1.